The average molecular weight is 178 g/mol. The summed E-state index contributed by atoms with van der Waals surface area (Å²) in [4.78, 5) is 12.4. The molecule has 0 aromatic carbocycles. The van der Waals surface area contributed by atoms with Gasteiger partial charge < -0.3 is 9.64 Å². The molecule has 1 heterocycles. The van der Waals surface area contributed by atoms with E-state index in [0.717, 1.165) is 19.4 Å². The van der Waals surface area contributed by atoms with Gasteiger partial charge in [0.25, 0.3) is 0 Å². The molecule has 11 heavy (non-hydrogen) atoms. The predicted molar refractivity (Wildman–Crippen MR) is 42.9 cm³/mol. The van der Waals surface area contributed by atoms with Gasteiger partial charge in [-0.3, -0.25) is 4.79 Å². The van der Waals surface area contributed by atoms with Crippen molar-refractivity contribution in [3.8, 4) is 0 Å². The molecular weight excluding hydrogens is 166 g/mol. The molecule has 1 atom stereocenters. The van der Waals surface area contributed by atoms with Gasteiger partial charge >= 0.3 is 5.37 Å². The molecule has 0 aromatic heterocycles. The van der Waals surface area contributed by atoms with E-state index in [9.17, 15) is 4.79 Å². The number of hydrogen-bond donors (Lipinski definition) is 0. The van der Waals surface area contributed by atoms with Gasteiger partial charge in [-0.15, -0.1) is 0 Å². The van der Waals surface area contributed by atoms with Crippen LogP contribution in [0.1, 0.15) is 12.8 Å². The van der Waals surface area contributed by atoms with Crippen LogP contribution in [0, 0.1) is 0 Å². The summed E-state index contributed by atoms with van der Waals surface area (Å²) in [6.07, 6.45) is 2.04. The van der Waals surface area contributed by atoms with Gasteiger partial charge in [-0.2, -0.15) is 0 Å². The molecule has 0 saturated carbocycles. The van der Waals surface area contributed by atoms with E-state index in [4.69, 9.17) is 16.3 Å². The Bertz CT molecular complexity index is 151. The number of halogens is 1. The van der Waals surface area contributed by atoms with Gasteiger partial charge in [0.1, 0.15) is 0 Å². The lowest BCUT2D eigenvalue weighted by atomic mass is 10.2. The van der Waals surface area contributed by atoms with Gasteiger partial charge in [0.05, 0.1) is 12.6 Å². The second kappa shape index (κ2) is 3.93. The van der Waals surface area contributed by atoms with E-state index in [2.05, 4.69) is 0 Å². The Labute approximate surface area is 71.3 Å². The van der Waals surface area contributed by atoms with Crippen molar-refractivity contribution < 1.29 is 9.53 Å². The van der Waals surface area contributed by atoms with Crippen molar-refractivity contribution in [2.75, 3.05) is 20.3 Å². The lowest BCUT2D eigenvalue weighted by Crippen LogP contribution is -2.34. The van der Waals surface area contributed by atoms with E-state index in [1.165, 1.54) is 0 Å². The first-order valence-electron chi connectivity index (χ1n) is 3.70. The predicted octanol–water partition coefficient (Wildman–Crippen LogP) is 1.46. The molecule has 1 amide bonds. The highest BCUT2D eigenvalue weighted by atomic mass is 35.5. The highest BCUT2D eigenvalue weighted by Gasteiger charge is 2.27. The molecule has 0 aromatic rings. The van der Waals surface area contributed by atoms with Crippen molar-refractivity contribution in [1.29, 1.82) is 0 Å². The van der Waals surface area contributed by atoms with E-state index < -0.39 is 0 Å². The Morgan fingerprint density at radius 2 is 2.55 bits per heavy atom. The number of nitrogens with zero attached hydrogens (tertiary/aromatic N) is 1. The van der Waals surface area contributed by atoms with Crippen LogP contribution in [-0.4, -0.2) is 36.6 Å². The van der Waals surface area contributed by atoms with Crippen LogP contribution >= 0.6 is 11.6 Å². The maximum Gasteiger partial charge on any atom is 0.316 e. The average Bonchev–Trinajstić information content (AvgIpc) is 2.36. The summed E-state index contributed by atoms with van der Waals surface area (Å²) >= 11 is 5.35. The van der Waals surface area contributed by atoms with Crippen LogP contribution < -0.4 is 0 Å². The van der Waals surface area contributed by atoms with Gasteiger partial charge in [-0.1, -0.05) is 0 Å². The van der Waals surface area contributed by atoms with Crippen molar-refractivity contribution >= 4 is 17.0 Å². The van der Waals surface area contributed by atoms with Crippen molar-refractivity contribution in [3.63, 3.8) is 0 Å². The Morgan fingerprint density at radius 3 is 3.09 bits per heavy atom. The second-order valence-corrected chi connectivity index (χ2v) is 3.02. The third-order valence-corrected chi connectivity index (χ3v) is 2.18. The number of rotatable bonds is 2. The van der Waals surface area contributed by atoms with Gasteiger partial charge in [-0.25, -0.2) is 0 Å². The van der Waals surface area contributed by atoms with Crippen LogP contribution in [0.25, 0.3) is 0 Å². The van der Waals surface area contributed by atoms with Crippen molar-refractivity contribution in [1.82, 2.24) is 4.90 Å². The molecule has 0 spiro atoms. The van der Waals surface area contributed by atoms with Crippen molar-refractivity contribution in [2.24, 2.45) is 0 Å². The van der Waals surface area contributed by atoms with Crippen molar-refractivity contribution in [2.45, 2.75) is 18.9 Å². The summed E-state index contributed by atoms with van der Waals surface area (Å²) in [5.41, 5.74) is 0. The van der Waals surface area contributed by atoms with Crippen LogP contribution in [0.5, 0.6) is 0 Å². The minimum absolute atomic E-state index is 0.199. The SMILES string of the molecule is COC[C@H]1CCCN1C(=O)Cl. The summed E-state index contributed by atoms with van der Waals surface area (Å²) < 4.78 is 4.95. The van der Waals surface area contributed by atoms with Crippen LogP contribution in [0.3, 0.4) is 0 Å². The van der Waals surface area contributed by atoms with Crippen molar-refractivity contribution in [3.05, 3.63) is 0 Å². The van der Waals surface area contributed by atoms with E-state index >= 15 is 0 Å². The molecule has 0 bridgehead atoms. The molecule has 3 nitrogen and oxygen atoms in total. The van der Waals surface area contributed by atoms with Gasteiger partial charge in [0, 0.05) is 13.7 Å². The fraction of sp³-hybridized carbons (Fsp3) is 0.857. The fourth-order valence-corrected chi connectivity index (χ4v) is 1.66. The zero-order valence-electron chi connectivity index (χ0n) is 6.55. The highest BCUT2D eigenvalue weighted by molar-refractivity contribution is 6.62. The molecule has 1 rings (SSSR count). The van der Waals surface area contributed by atoms with Crippen LogP contribution in [0.2, 0.25) is 0 Å². The first-order valence-corrected chi connectivity index (χ1v) is 4.08. The minimum atomic E-state index is -0.357. The Hall–Kier alpha value is -0.280. The number of carbonyl (C=O) groups excluding carboxylic acids is 1. The Morgan fingerprint density at radius 1 is 1.82 bits per heavy atom. The maximum absolute atomic E-state index is 10.8. The van der Waals surface area contributed by atoms with E-state index in [1.807, 2.05) is 0 Å². The van der Waals surface area contributed by atoms with Crippen LogP contribution in [0.15, 0.2) is 0 Å². The van der Waals surface area contributed by atoms with Crippen LogP contribution in [0.4, 0.5) is 4.79 Å². The first kappa shape index (κ1) is 8.81. The maximum atomic E-state index is 10.8. The molecule has 1 fully saturated rings. The van der Waals surface area contributed by atoms with Gasteiger partial charge in [0.15, 0.2) is 0 Å². The molecule has 0 unspecified atom stereocenters. The monoisotopic (exact) mass is 177 g/mol. The van der Waals surface area contributed by atoms with Gasteiger partial charge in [0.2, 0.25) is 0 Å². The normalized spacial score (nSPS) is 24.2. The summed E-state index contributed by atoms with van der Waals surface area (Å²) in [6, 6.07) is 0.199. The minimum Gasteiger partial charge on any atom is -0.383 e. The van der Waals surface area contributed by atoms with E-state index in [1.54, 1.807) is 12.0 Å². The van der Waals surface area contributed by atoms with Crippen LogP contribution in [-0.2, 0) is 4.74 Å². The molecule has 0 radical (unpaired) electrons. The standard InChI is InChI=1S/C7H12ClNO2/c1-11-5-6-3-2-4-9(6)7(8)10/h6H,2-5H2,1H3/t6-/m1/s1. The lowest BCUT2D eigenvalue weighted by Gasteiger charge is -2.20. The fourth-order valence-electron chi connectivity index (χ4n) is 1.43. The summed E-state index contributed by atoms with van der Waals surface area (Å²) in [5, 5.41) is -0.357. The third kappa shape index (κ3) is 2.07. The summed E-state index contributed by atoms with van der Waals surface area (Å²) in [6.45, 7) is 1.37. The number of likely N-dealkylation sites (tertiary alicyclic amines) is 1. The molecular formula is C7H12ClNO2. The lowest BCUT2D eigenvalue weighted by molar-refractivity contribution is 0.132. The highest BCUT2D eigenvalue weighted by Crippen LogP contribution is 2.18. The number of amides is 1. The van der Waals surface area contributed by atoms with E-state index in [-0.39, 0.29) is 11.4 Å². The largest absolute Gasteiger partial charge is 0.383 e. The molecule has 1 aliphatic rings. The number of methoxy groups -OCH3 is 1. The molecule has 0 aliphatic carbocycles. The third-order valence-electron chi connectivity index (χ3n) is 1.96. The Balaban J connectivity index is 2.44. The number of hydrogen-bond acceptors (Lipinski definition) is 2. The summed E-state index contributed by atoms with van der Waals surface area (Å²) in [5.74, 6) is 0. The second-order valence-electron chi connectivity index (χ2n) is 2.70. The quantitative estimate of drug-likeness (QED) is 0.472. The molecule has 64 valence electrons. The molecule has 1 aliphatic heterocycles. The van der Waals surface area contributed by atoms with Gasteiger partial charge in [-0.05, 0) is 24.4 Å². The number of ether oxygens (including phenoxy) is 1. The summed E-state index contributed by atoms with van der Waals surface area (Å²) in [7, 11) is 1.63. The number of carbonyl (C=O) groups is 1. The Kier molecular flexibility index (Phi) is 3.15. The molecule has 0 N–H and O–H groups in total. The zero-order chi connectivity index (χ0) is 8.27. The van der Waals surface area contributed by atoms with E-state index in [0.29, 0.717) is 6.61 Å². The first-order chi connectivity index (χ1) is 5.25. The zero-order valence-corrected chi connectivity index (χ0v) is 7.30. The molecule has 4 heteroatoms. The topological polar surface area (TPSA) is 29.5 Å². The molecule has 1 saturated heterocycles. The smallest absolute Gasteiger partial charge is 0.316 e.